The first-order valence-electron chi connectivity index (χ1n) is 6.91. The summed E-state index contributed by atoms with van der Waals surface area (Å²) in [5, 5.41) is 12.0. The van der Waals surface area contributed by atoms with Crippen LogP contribution in [-0.4, -0.2) is 42.8 Å². The third-order valence-corrected chi connectivity index (χ3v) is 4.47. The maximum atomic E-state index is 12.4. The lowest BCUT2D eigenvalue weighted by Gasteiger charge is -2.36. The van der Waals surface area contributed by atoms with Crippen molar-refractivity contribution in [2.24, 2.45) is 17.1 Å². The summed E-state index contributed by atoms with van der Waals surface area (Å²) in [4.78, 5) is 23.6. The van der Waals surface area contributed by atoms with Crippen LogP contribution in [0.3, 0.4) is 0 Å². The van der Waals surface area contributed by atoms with Crippen LogP contribution in [0.25, 0.3) is 0 Å². The molecule has 0 aromatic heterocycles. The Balaban J connectivity index is 2.01. The van der Waals surface area contributed by atoms with E-state index in [2.05, 4.69) is 5.32 Å². The lowest BCUT2D eigenvalue weighted by atomic mass is 9.79. The number of ether oxygens (including phenoxy) is 1. The van der Waals surface area contributed by atoms with Crippen LogP contribution in [0.1, 0.15) is 32.1 Å². The maximum Gasteiger partial charge on any atom is 0.308 e. The molecule has 6 heteroatoms. The molecule has 108 valence electrons. The zero-order chi connectivity index (χ0) is 13.9. The molecular formula is C13H22N2O4. The van der Waals surface area contributed by atoms with E-state index in [1.807, 2.05) is 0 Å². The van der Waals surface area contributed by atoms with E-state index in [-0.39, 0.29) is 18.5 Å². The first-order valence-corrected chi connectivity index (χ1v) is 6.91. The molecule has 0 spiro atoms. The topological polar surface area (TPSA) is 102 Å². The highest BCUT2D eigenvalue weighted by Gasteiger charge is 2.42. The van der Waals surface area contributed by atoms with Crippen molar-refractivity contribution < 1.29 is 19.4 Å². The fraction of sp³-hybridized carbons (Fsp3) is 0.846. The van der Waals surface area contributed by atoms with Gasteiger partial charge in [-0.25, -0.2) is 0 Å². The van der Waals surface area contributed by atoms with Gasteiger partial charge in [-0.1, -0.05) is 6.42 Å². The smallest absolute Gasteiger partial charge is 0.308 e. The standard InChI is InChI=1S/C13H22N2O4/c14-8-13(4-6-19-7-5-13)12(18)15-10-3-1-2-9(10)11(16)17/h9-10H,1-8,14H2,(H,15,18)(H,16,17). The molecule has 19 heavy (non-hydrogen) atoms. The summed E-state index contributed by atoms with van der Waals surface area (Å²) in [6.45, 7) is 1.36. The molecule has 0 radical (unpaired) electrons. The van der Waals surface area contributed by atoms with Crippen LogP contribution in [0, 0.1) is 11.3 Å². The van der Waals surface area contributed by atoms with Crippen molar-refractivity contribution in [2.45, 2.75) is 38.1 Å². The number of hydrogen-bond donors (Lipinski definition) is 3. The van der Waals surface area contributed by atoms with Crippen molar-refractivity contribution in [3.05, 3.63) is 0 Å². The van der Waals surface area contributed by atoms with Crippen LogP contribution in [0.2, 0.25) is 0 Å². The summed E-state index contributed by atoms with van der Waals surface area (Å²) >= 11 is 0. The molecule has 1 amide bonds. The number of nitrogens with one attached hydrogen (secondary N) is 1. The number of amides is 1. The lowest BCUT2D eigenvalue weighted by molar-refractivity contribution is -0.143. The van der Waals surface area contributed by atoms with E-state index < -0.39 is 17.3 Å². The molecule has 1 aliphatic carbocycles. The predicted molar refractivity (Wildman–Crippen MR) is 68.4 cm³/mol. The first-order chi connectivity index (χ1) is 9.09. The van der Waals surface area contributed by atoms with E-state index in [4.69, 9.17) is 15.6 Å². The number of hydrogen-bond acceptors (Lipinski definition) is 4. The number of rotatable bonds is 4. The Bertz CT molecular complexity index is 353. The normalized spacial score (nSPS) is 29.9. The van der Waals surface area contributed by atoms with Gasteiger partial charge in [-0.15, -0.1) is 0 Å². The van der Waals surface area contributed by atoms with Gasteiger partial charge in [-0.3, -0.25) is 9.59 Å². The molecular weight excluding hydrogens is 248 g/mol. The largest absolute Gasteiger partial charge is 0.481 e. The van der Waals surface area contributed by atoms with Crippen molar-refractivity contribution in [2.75, 3.05) is 19.8 Å². The second-order valence-electron chi connectivity index (χ2n) is 5.55. The number of nitrogens with two attached hydrogens (primary N) is 1. The van der Waals surface area contributed by atoms with Crippen LogP contribution in [-0.2, 0) is 14.3 Å². The minimum Gasteiger partial charge on any atom is -0.481 e. The van der Waals surface area contributed by atoms with Gasteiger partial charge in [0.25, 0.3) is 0 Å². The second-order valence-corrected chi connectivity index (χ2v) is 5.55. The van der Waals surface area contributed by atoms with Gasteiger partial charge < -0.3 is 20.9 Å². The van der Waals surface area contributed by atoms with Gasteiger partial charge in [0, 0.05) is 25.8 Å². The summed E-state index contributed by atoms with van der Waals surface area (Å²) in [6.07, 6.45) is 3.44. The minimum atomic E-state index is -0.823. The fourth-order valence-corrected chi connectivity index (χ4v) is 3.04. The number of carboxylic acid groups (broad SMARTS) is 1. The molecule has 2 fully saturated rings. The van der Waals surface area contributed by atoms with Crippen LogP contribution < -0.4 is 11.1 Å². The summed E-state index contributed by atoms with van der Waals surface area (Å²) in [5.41, 5.74) is 5.20. The highest BCUT2D eigenvalue weighted by molar-refractivity contribution is 5.84. The van der Waals surface area contributed by atoms with Gasteiger partial charge in [0.1, 0.15) is 0 Å². The van der Waals surface area contributed by atoms with Crippen LogP contribution >= 0.6 is 0 Å². The van der Waals surface area contributed by atoms with Gasteiger partial charge in [0.2, 0.25) is 5.91 Å². The molecule has 2 rings (SSSR count). The van der Waals surface area contributed by atoms with Crippen molar-refractivity contribution in [3.8, 4) is 0 Å². The van der Waals surface area contributed by atoms with Gasteiger partial charge >= 0.3 is 5.97 Å². The molecule has 4 N–H and O–H groups in total. The molecule has 6 nitrogen and oxygen atoms in total. The second kappa shape index (κ2) is 5.88. The van der Waals surface area contributed by atoms with Gasteiger partial charge in [0.15, 0.2) is 0 Å². The Kier molecular flexibility index (Phi) is 4.42. The van der Waals surface area contributed by atoms with E-state index in [9.17, 15) is 9.59 Å². The Morgan fingerprint density at radius 3 is 2.58 bits per heavy atom. The van der Waals surface area contributed by atoms with Crippen LogP contribution in [0.5, 0.6) is 0 Å². The third kappa shape index (κ3) is 2.90. The Hall–Kier alpha value is -1.14. The van der Waals surface area contributed by atoms with Gasteiger partial charge in [0.05, 0.1) is 11.3 Å². The average Bonchev–Trinajstić information content (AvgIpc) is 2.87. The zero-order valence-corrected chi connectivity index (χ0v) is 11.1. The summed E-state index contributed by atoms with van der Waals surface area (Å²) in [5.74, 6) is -1.38. The minimum absolute atomic E-state index is 0.101. The Labute approximate surface area is 112 Å². The molecule has 2 aliphatic rings. The molecule has 1 saturated carbocycles. The number of aliphatic carboxylic acids is 1. The van der Waals surface area contributed by atoms with Gasteiger partial charge in [-0.2, -0.15) is 0 Å². The SMILES string of the molecule is NCC1(C(=O)NC2CCCC2C(=O)O)CCOCC1. The van der Waals surface area contributed by atoms with E-state index in [1.54, 1.807) is 0 Å². The molecule has 0 aromatic rings. The van der Waals surface area contributed by atoms with E-state index in [0.29, 0.717) is 32.5 Å². The summed E-state index contributed by atoms with van der Waals surface area (Å²) < 4.78 is 5.28. The molecule has 0 aromatic carbocycles. The highest BCUT2D eigenvalue weighted by atomic mass is 16.5. The third-order valence-electron chi connectivity index (χ3n) is 4.47. The van der Waals surface area contributed by atoms with Crippen LogP contribution in [0.4, 0.5) is 0 Å². The van der Waals surface area contributed by atoms with Gasteiger partial charge in [-0.05, 0) is 25.7 Å². The van der Waals surface area contributed by atoms with Crippen molar-refractivity contribution >= 4 is 11.9 Å². The number of carbonyl (C=O) groups excluding carboxylic acids is 1. The number of carbonyl (C=O) groups is 2. The molecule has 0 bridgehead atoms. The average molecular weight is 270 g/mol. The van der Waals surface area contributed by atoms with Crippen molar-refractivity contribution in [1.29, 1.82) is 0 Å². The van der Waals surface area contributed by atoms with E-state index >= 15 is 0 Å². The molecule has 1 saturated heterocycles. The molecule has 1 aliphatic heterocycles. The van der Waals surface area contributed by atoms with E-state index in [0.717, 1.165) is 12.8 Å². The molecule has 2 unspecified atom stereocenters. The van der Waals surface area contributed by atoms with Crippen LogP contribution in [0.15, 0.2) is 0 Å². The highest BCUT2D eigenvalue weighted by Crippen LogP contribution is 2.32. The van der Waals surface area contributed by atoms with E-state index in [1.165, 1.54) is 0 Å². The maximum absolute atomic E-state index is 12.4. The predicted octanol–water partition coefficient (Wildman–Crippen LogP) is 0.111. The monoisotopic (exact) mass is 270 g/mol. The van der Waals surface area contributed by atoms with Crippen molar-refractivity contribution in [1.82, 2.24) is 5.32 Å². The first kappa shape index (κ1) is 14.3. The number of carboxylic acids is 1. The zero-order valence-electron chi connectivity index (χ0n) is 11.1. The quantitative estimate of drug-likeness (QED) is 0.673. The van der Waals surface area contributed by atoms with Crippen molar-refractivity contribution in [3.63, 3.8) is 0 Å². The Morgan fingerprint density at radius 2 is 2.00 bits per heavy atom. The fourth-order valence-electron chi connectivity index (χ4n) is 3.04. The summed E-state index contributed by atoms with van der Waals surface area (Å²) in [7, 11) is 0. The summed E-state index contributed by atoms with van der Waals surface area (Å²) in [6, 6.07) is -0.253. The Morgan fingerprint density at radius 1 is 1.32 bits per heavy atom. The lowest BCUT2D eigenvalue weighted by Crippen LogP contribution is -2.53. The molecule has 2 atom stereocenters. The molecule has 1 heterocycles.